The molecule has 0 heterocycles. The number of amides is 1. The second-order valence-electron chi connectivity index (χ2n) is 3.50. The summed E-state index contributed by atoms with van der Waals surface area (Å²) < 4.78 is 43.9. The minimum Gasteiger partial charge on any atom is -0.465 e. The standard InChI is InChI=1S/C11H9ClF3NO4/c1-19-9(17)7-4-6(2-3-8(7)12)16-10(18)20-5-11(13,14)15/h2-4H,5H2,1H3,(H,16,18). The van der Waals surface area contributed by atoms with Gasteiger partial charge in [-0.1, -0.05) is 11.6 Å². The van der Waals surface area contributed by atoms with Crippen molar-refractivity contribution in [3.05, 3.63) is 28.8 Å². The van der Waals surface area contributed by atoms with E-state index in [2.05, 4.69) is 9.47 Å². The molecular formula is C11H9ClF3NO4. The summed E-state index contributed by atoms with van der Waals surface area (Å²) in [4.78, 5) is 22.4. The molecular weight excluding hydrogens is 303 g/mol. The first-order chi connectivity index (χ1) is 9.23. The molecule has 20 heavy (non-hydrogen) atoms. The number of alkyl halides is 3. The summed E-state index contributed by atoms with van der Waals surface area (Å²) in [6.45, 7) is -1.71. The summed E-state index contributed by atoms with van der Waals surface area (Å²) in [5.74, 6) is -0.748. The molecule has 0 aliphatic carbocycles. The van der Waals surface area contributed by atoms with Crippen LogP contribution in [0.25, 0.3) is 0 Å². The molecule has 0 aromatic heterocycles. The van der Waals surface area contributed by atoms with Gasteiger partial charge in [-0.05, 0) is 18.2 Å². The van der Waals surface area contributed by atoms with Crippen LogP contribution in [0.5, 0.6) is 0 Å². The van der Waals surface area contributed by atoms with Crippen molar-refractivity contribution in [1.29, 1.82) is 0 Å². The van der Waals surface area contributed by atoms with Gasteiger partial charge in [0.05, 0.1) is 17.7 Å². The Labute approximate surface area is 116 Å². The first kappa shape index (κ1) is 16.1. The number of halogens is 4. The van der Waals surface area contributed by atoms with E-state index in [0.717, 1.165) is 13.2 Å². The van der Waals surface area contributed by atoms with Crippen LogP contribution in [0.1, 0.15) is 10.4 Å². The molecule has 0 radical (unpaired) electrons. The van der Waals surface area contributed by atoms with Gasteiger partial charge in [0.2, 0.25) is 0 Å². The summed E-state index contributed by atoms with van der Waals surface area (Å²) in [5.41, 5.74) is 0.00441. The highest BCUT2D eigenvalue weighted by molar-refractivity contribution is 6.33. The Kier molecular flexibility index (Phi) is 5.20. The fourth-order valence-corrected chi connectivity index (χ4v) is 1.37. The van der Waals surface area contributed by atoms with Crippen LogP contribution >= 0.6 is 11.6 Å². The van der Waals surface area contributed by atoms with Crippen molar-refractivity contribution in [2.45, 2.75) is 6.18 Å². The van der Waals surface area contributed by atoms with Gasteiger partial charge in [0.15, 0.2) is 6.61 Å². The first-order valence-corrected chi connectivity index (χ1v) is 5.49. The zero-order valence-electron chi connectivity index (χ0n) is 10.1. The maximum absolute atomic E-state index is 11.8. The van der Waals surface area contributed by atoms with E-state index in [1.165, 1.54) is 12.1 Å². The normalized spacial score (nSPS) is 10.8. The fourth-order valence-electron chi connectivity index (χ4n) is 1.17. The largest absolute Gasteiger partial charge is 0.465 e. The highest BCUT2D eigenvalue weighted by Gasteiger charge is 2.29. The van der Waals surface area contributed by atoms with Crippen LogP contribution in [0.3, 0.4) is 0 Å². The van der Waals surface area contributed by atoms with Gasteiger partial charge >= 0.3 is 18.2 Å². The number of benzene rings is 1. The van der Waals surface area contributed by atoms with Crippen LogP contribution in [-0.2, 0) is 9.47 Å². The highest BCUT2D eigenvalue weighted by atomic mass is 35.5. The number of rotatable bonds is 3. The Morgan fingerprint density at radius 1 is 1.35 bits per heavy atom. The molecule has 0 atom stereocenters. The topological polar surface area (TPSA) is 64.6 Å². The molecule has 0 saturated heterocycles. The van der Waals surface area contributed by atoms with E-state index in [1.54, 1.807) is 0 Å². The van der Waals surface area contributed by atoms with Crippen molar-refractivity contribution >= 4 is 29.4 Å². The molecule has 5 nitrogen and oxygen atoms in total. The average Bonchev–Trinajstić information content (AvgIpc) is 2.37. The molecule has 0 aliphatic rings. The zero-order valence-corrected chi connectivity index (χ0v) is 10.8. The number of esters is 1. The summed E-state index contributed by atoms with van der Waals surface area (Å²) in [6, 6.07) is 3.74. The van der Waals surface area contributed by atoms with Crippen LogP contribution in [-0.4, -0.2) is 32.0 Å². The quantitative estimate of drug-likeness (QED) is 0.870. The van der Waals surface area contributed by atoms with Gasteiger partial charge < -0.3 is 9.47 Å². The summed E-state index contributed by atoms with van der Waals surface area (Å²) in [5, 5.41) is 2.11. The third kappa shape index (κ3) is 4.96. The molecule has 1 aromatic carbocycles. The van der Waals surface area contributed by atoms with Crippen molar-refractivity contribution in [2.75, 3.05) is 19.0 Å². The van der Waals surface area contributed by atoms with Crippen molar-refractivity contribution in [2.24, 2.45) is 0 Å². The van der Waals surface area contributed by atoms with Gasteiger partial charge in [-0.3, -0.25) is 5.32 Å². The number of carbonyl (C=O) groups is 2. The van der Waals surface area contributed by atoms with Crippen molar-refractivity contribution in [3.63, 3.8) is 0 Å². The van der Waals surface area contributed by atoms with Crippen LogP contribution in [0.2, 0.25) is 5.02 Å². The minimum atomic E-state index is -4.62. The number of carbonyl (C=O) groups excluding carboxylic acids is 2. The van der Waals surface area contributed by atoms with Gasteiger partial charge in [0.25, 0.3) is 0 Å². The molecule has 1 amide bonds. The van der Waals surface area contributed by atoms with Gasteiger partial charge in [-0.25, -0.2) is 9.59 Å². The van der Waals surface area contributed by atoms with Crippen molar-refractivity contribution in [1.82, 2.24) is 0 Å². The second kappa shape index (κ2) is 6.47. The molecule has 1 aromatic rings. The summed E-state index contributed by atoms with van der Waals surface area (Å²) >= 11 is 5.73. The maximum Gasteiger partial charge on any atom is 0.422 e. The third-order valence-corrected chi connectivity index (χ3v) is 2.31. The van der Waals surface area contributed by atoms with Crippen LogP contribution < -0.4 is 5.32 Å². The van der Waals surface area contributed by atoms with Crippen molar-refractivity contribution < 1.29 is 32.2 Å². The molecule has 0 unspecified atom stereocenters. The lowest BCUT2D eigenvalue weighted by Gasteiger charge is -2.10. The molecule has 0 aliphatic heterocycles. The number of hydrogen-bond acceptors (Lipinski definition) is 4. The Bertz CT molecular complexity index is 519. The minimum absolute atomic E-state index is 0.0391. The summed E-state index contributed by atoms with van der Waals surface area (Å²) in [7, 11) is 1.14. The molecule has 1 N–H and O–H groups in total. The molecule has 0 bridgehead atoms. The smallest absolute Gasteiger partial charge is 0.422 e. The zero-order chi connectivity index (χ0) is 15.3. The number of nitrogens with one attached hydrogen (secondary N) is 1. The third-order valence-electron chi connectivity index (χ3n) is 1.98. The molecule has 0 saturated carbocycles. The monoisotopic (exact) mass is 311 g/mol. The van der Waals surface area contributed by atoms with Gasteiger partial charge in [-0.15, -0.1) is 0 Å². The van der Waals surface area contributed by atoms with Gasteiger partial charge in [0, 0.05) is 5.69 Å². The van der Waals surface area contributed by atoms with Crippen molar-refractivity contribution in [3.8, 4) is 0 Å². The highest BCUT2D eigenvalue weighted by Crippen LogP contribution is 2.22. The number of ether oxygens (including phenoxy) is 2. The van der Waals surface area contributed by atoms with E-state index in [1.807, 2.05) is 5.32 Å². The van der Waals surface area contributed by atoms with E-state index in [-0.39, 0.29) is 16.3 Å². The molecule has 9 heteroatoms. The number of hydrogen-bond donors (Lipinski definition) is 1. The molecule has 110 valence electrons. The molecule has 0 fully saturated rings. The lowest BCUT2D eigenvalue weighted by molar-refractivity contribution is -0.159. The van der Waals surface area contributed by atoms with Gasteiger partial charge in [-0.2, -0.15) is 13.2 Å². The second-order valence-corrected chi connectivity index (χ2v) is 3.91. The fraction of sp³-hybridized carbons (Fsp3) is 0.273. The van der Waals surface area contributed by atoms with Crippen LogP contribution in [0, 0.1) is 0 Å². The SMILES string of the molecule is COC(=O)c1cc(NC(=O)OCC(F)(F)F)ccc1Cl. The maximum atomic E-state index is 11.8. The molecule has 1 rings (SSSR count). The Morgan fingerprint density at radius 3 is 2.55 bits per heavy atom. The lowest BCUT2D eigenvalue weighted by Crippen LogP contribution is -2.23. The Morgan fingerprint density at radius 2 is 2.00 bits per heavy atom. The predicted molar refractivity (Wildman–Crippen MR) is 63.8 cm³/mol. The Hall–Kier alpha value is -1.96. The predicted octanol–water partition coefficient (Wildman–Crippen LogP) is 3.24. The number of anilines is 1. The van der Waals surface area contributed by atoms with E-state index < -0.39 is 24.8 Å². The van der Waals surface area contributed by atoms with Crippen LogP contribution in [0.15, 0.2) is 18.2 Å². The summed E-state index contributed by atoms with van der Waals surface area (Å²) in [6.07, 6.45) is -5.92. The van der Waals surface area contributed by atoms with Crippen LogP contribution in [0.4, 0.5) is 23.7 Å². The van der Waals surface area contributed by atoms with E-state index in [9.17, 15) is 22.8 Å². The van der Waals surface area contributed by atoms with E-state index in [0.29, 0.717) is 0 Å². The number of methoxy groups -OCH3 is 1. The van der Waals surface area contributed by atoms with Gasteiger partial charge in [0.1, 0.15) is 0 Å². The van der Waals surface area contributed by atoms with E-state index >= 15 is 0 Å². The molecule has 0 spiro atoms. The average molecular weight is 312 g/mol. The van der Waals surface area contributed by atoms with E-state index in [4.69, 9.17) is 11.6 Å². The Balaban J connectivity index is 2.73. The lowest BCUT2D eigenvalue weighted by atomic mass is 10.2. The first-order valence-electron chi connectivity index (χ1n) is 5.11.